The lowest BCUT2D eigenvalue weighted by Crippen LogP contribution is -2.45. The van der Waals surface area contributed by atoms with Crippen molar-refractivity contribution in [2.24, 2.45) is 0 Å². The number of para-hydroxylation sites is 1. The van der Waals surface area contributed by atoms with Gasteiger partial charge in [0.2, 0.25) is 0 Å². The summed E-state index contributed by atoms with van der Waals surface area (Å²) in [5.41, 5.74) is 0. The van der Waals surface area contributed by atoms with Gasteiger partial charge < -0.3 is 9.47 Å². The van der Waals surface area contributed by atoms with Crippen LogP contribution in [0.3, 0.4) is 0 Å². The second-order valence-electron chi connectivity index (χ2n) is 5.15. The number of rotatable bonds is 5. The Morgan fingerprint density at radius 1 is 1.26 bits per heavy atom. The van der Waals surface area contributed by atoms with Crippen LogP contribution in [0, 0.1) is 0 Å². The molecule has 0 saturated carbocycles. The topological polar surface area (TPSA) is 21.7 Å². The highest BCUT2D eigenvalue weighted by molar-refractivity contribution is 9.10. The van der Waals surface area contributed by atoms with Crippen molar-refractivity contribution < 1.29 is 9.47 Å². The summed E-state index contributed by atoms with van der Waals surface area (Å²) in [6, 6.07) is 7.97. The van der Waals surface area contributed by atoms with Crippen LogP contribution >= 0.6 is 15.9 Å². The van der Waals surface area contributed by atoms with E-state index in [1.165, 1.54) is 0 Å². The fourth-order valence-corrected chi connectivity index (χ4v) is 2.90. The van der Waals surface area contributed by atoms with E-state index in [0.717, 1.165) is 42.9 Å². The molecule has 19 heavy (non-hydrogen) atoms. The van der Waals surface area contributed by atoms with Gasteiger partial charge in [-0.3, -0.25) is 4.90 Å². The largest absolute Gasteiger partial charge is 0.492 e. The summed E-state index contributed by atoms with van der Waals surface area (Å²) in [7, 11) is 0. The van der Waals surface area contributed by atoms with Crippen molar-refractivity contribution in [3.05, 3.63) is 28.7 Å². The van der Waals surface area contributed by atoms with Gasteiger partial charge in [0.05, 0.1) is 23.3 Å². The van der Waals surface area contributed by atoms with E-state index >= 15 is 0 Å². The standard InChI is InChI=1S/C15H22BrNO2/c1-12-10-17(11-13(2)19-12)8-5-9-18-15-7-4-3-6-14(15)16/h3-4,6-7,12-13H,5,8-11H2,1-2H3. The lowest BCUT2D eigenvalue weighted by molar-refractivity contribution is -0.0686. The third-order valence-corrected chi connectivity index (χ3v) is 3.86. The van der Waals surface area contributed by atoms with Crippen molar-refractivity contribution in [3.63, 3.8) is 0 Å². The van der Waals surface area contributed by atoms with Crippen LogP contribution in [0.2, 0.25) is 0 Å². The molecule has 2 rings (SSSR count). The number of halogens is 1. The fraction of sp³-hybridized carbons (Fsp3) is 0.600. The fourth-order valence-electron chi connectivity index (χ4n) is 2.50. The van der Waals surface area contributed by atoms with Gasteiger partial charge in [0, 0.05) is 19.6 Å². The van der Waals surface area contributed by atoms with Gasteiger partial charge >= 0.3 is 0 Å². The summed E-state index contributed by atoms with van der Waals surface area (Å²) in [6.45, 7) is 8.16. The number of nitrogens with zero attached hydrogens (tertiary/aromatic N) is 1. The minimum Gasteiger partial charge on any atom is -0.492 e. The summed E-state index contributed by atoms with van der Waals surface area (Å²) in [5, 5.41) is 0. The first-order valence-electron chi connectivity index (χ1n) is 6.90. The zero-order chi connectivity index (χ0) is 13.7. The summed E-state index contributed by atoms with van der Waals surface area (Å²) in [6.07, 6.45) is 1.72. The molecule has 0 radical (unpaired) electrons. The van der Waals surface area contributed by atoms with Crippen molar-refractivity contribution >= 4 is 15.9 Å². The van der Waals surface area contributed by atoms with E-state index in [1.807, 2.05) is 24.3 Å². The molecular weight excluding hydrogens is 306 g/mol. The normalized spacial score (nSPS) is 24.4. The summed E-state index contributed by atoms with van der Waals surface area (Å²) in [4.78, 5) is 2.46. The third kappa shape index (κ3) is 4.79. The Bertz CT molecular complexity index is 389. The highest BCUT2D eigenvalue weighted by atomic mass is 79.9. The van der Waals surface area contributed by atoms with Gasteiger partial charge in [-0.1, -0.05) is 12.1 Å². The van der Waals surface area contributed by atoms with E-state index in [-0.39, 0.29) is 0 Å². The molecule has 1 aromatic carbocycles. The Hall–Kier alpha value is -0.580. The molecule has 1 aliphatic rings. The molecule has 106 valence electrons. The van der Waals surface area contributed by atoms with Crippen LogP contribution in [0.25, 0.3) is 0 Å². The first-order valence-corrected chi connectivity index (χ1v) is 7.69. The average molecular weight is 328 g/mol. The second kappa shape index (κ2) is 7.27. The average Bonchev–Trinajstić information content (AvgIpc) is 2.35. The molecule has 1 heterocycles. The van der Waals surface area contributed by atoms with Crippen LogP contribution < -0.4 is 4.74 Å². The van der Waals surface area contributed by atoms with Gasteiger partial charge in [-0.05, 0) is 48.3 Å². The zero-order valence-electron chi connectivity index (χ0n) is 11.6. The molecule has 0 bridgehead atoms. The zero-order valence-corrected chi connectivity index (χ0v) is 13.2. The van der Waals surface area contributed by atoms with Crippen LogP contribution in [-0.4, -0.2) is 43.3 Å². The van der Waals surface area contributed by atoms with E-state index < -0.39 is 0 Å². The first-order chi connectivity index (χ1) is 9.15. The molecule has 0 aromatic heterocycles. The Kier molecular flexibility index (Phi) is 5.67. The van der Waals surface area contributed by atoms with E-state index in [2.05, 4.69) is 34.7 Å². The molecule has 2 atom stereocenters. The van der Waals surface area contributed by atoms with Gasteiger partial charge in [0.1, 0.15) is 5.75 Å². The van der Waals surface area contributed by atoms with Crippen molar-refractivity contribution in [2.45, 2.75) is 32.5 Å². The van der Waals surface area contributed by atoms with E-state index in [9.17, 15) is 0 Å². The molecular formula is C15H22BrNO2. The van der Waals surface area contributed by atoms with E-state index in [1.54, 1.807) is 0 Å². The number of hydrogen-bond acceptors (Lipinski definition) is 3. The Labute approximate surface area is 124 Å². The highest BCUT2D eigenvalue weighted by Crippen LogP contribution is 2.23. The maximum absolute atomic E-state index is 5.78. The molecule has 4 heteroatoms. The minimum absolute atomic E-state index is 0.341. The van der Waals surface area contributed by atoms with Gasteiger partial charge in [0.15, 0.2) is 0 Å². The van der Waals surface area contributed by atoms with Crippen molar-refractivity contribution in [3.8, 4) is 5.75 Å². The Morgan fingerprint density at radius 2 is 1.95 bits per heavy atom. The molecule has 0 aliphatic carbocycles. The molecule has 0 spiro atoms. The number of morpholine rings is 1. The van der Waals surface area contributed by atoms with Crippen molar-refractivity contribution in [2.75, 3.05) is 26.2 Å². The quantitative estimate of drug-likeness (QED) is 0.774. The van der Waals surface area contributed by atoms with Gasteiger partial charge in [-0.15, -0.1) is 0 Å². The van der Waals surface area contributed by atoms with Gasteiger partial charge in [-0.2, -0.15) is 0 Å². The predicted octanol–water partition coefficient (Wildman–Crippen LogP) is 3.33. The van der Waals surface area contributed by atoms with Crippen LogP contribution in [0.15, 0.2) is 28.7 Å². The van der Waals surface area contributed by atoms with Crippen LogP contribution in [0.5, 0.6) is 5.75 Å². The smallest absolute Gasteiger partial charge is 0.133 e. The van der Waals surface area contributed by atoms with Gasteiger partial charge in [0.25, 0.3) is 0 Å². The SMILES string of the molecule is CC1CN(CCCOc2ccccc2Br)CC(C)O1. The lowest BCUT2D eigenvalue weighted by Gasteiger charge is -2.35. The Balaban J connectivity index is 1.68. The monoisotopic (exact) mass is 327 g/mol. The molecule has 1 saturated heterocycles. The van der Waals surface area contributed by atoms with E-state index in [0.29, 0.717) is 12.2 Å². The molecule has 1 fully saturated rings. The molecule has 0 amide bonds. The van der Waals surface area contributed by atoms with Gasteiger partial charge in [-0.25, -0.2) is 0 Å². The highest BCUT2D eigenvalue weighted by Gasteiger charge is 2.21. The predicted molar refractivity (Wildman–Crippen MR) is 80.7 cm³/mol. The molecule has 3 nitrogen and oxygen atoms in total. The van der Waals surface area contributed by atoms with Crippen LogP contribution in [-0.2, 0) is 4.74 Å². The molecule has 1 aromatic rings. The van der Waals surface area contributed by atoms with Crippen LogP contribution in [0.4, 0.5) is 0 Å². The van der Waals surface area contributed by atoms with Crippen LogP contribution in [0.1, 0.15) is 20.3 Å². The lowest BCUT2D eigenvalue weighted by atomic mass is 10.2. The number of ether oxygens (including phenoxy) is 2. The Morgan fingerprint density at radius 3 is 2.63 bits per heavy atom. The minimum atomic E-state index is 0.341. The summed E-state index contributed by atoms with van der Waals surface area (Å²) >= 11 is 3.49. The maximum Gasteiger partial charge on any atom is 0.133 e. The maximum atomic E-state index is 5.78. The van der Waals surface area contributed by atoms with E-state index in [4.69, 9.17) is 9.47 Å². The number of hydrogen-bond donors (Lipinski definition) is 0. The number of benzene rings is 1. The molecule has 0 N–H and O–H groups in total. The van der Waals surface area contributed by atoms with Crippen molar-refractivity contribution in [1.82, 2.24) is 4.90 Å². The first kappa shape index (κ1) is 14.8. The molecule has 2 unspecified atom stereocenters. The second-order valence-corrected chi connectivity index (χ2v) is 6.00. The third-order valence-electron chi connectivity index (χ3n) is 3.21. The summed E-state index contributed by atoms with van der Waals surface area (Å²) < 4.78 is 12.5. The van der Waals surface area contributed by atoms with Crippen molar-refractivity contribution in [1.29, 1.82) is 0 Å². The molecule has 1 aliphatic heterocycles. The summed E-state index contributed by atoms with van der Waals surface area (Å²) in [5.74, 6) is 0.922.